The Morgan fingerprint density at radius 1 is 0.705 bits per heavy atom. The van der Waals surface area contributed by atoms with Gasteiger partial charge in [-0.1, -0.05) is 147 Å². The molecule has 44 heavy (non-hydrogen) atoms. The van der Waals surface area contributed by atoms with E-state index in [0.29, 0.717) is 18.5 Å². The normalized spacial score (nSPS) is 11.8. The third kappa shape index (κ3) is 16.2. The van der Waals surface area contributed by atoms with Crippen LogP contribution in [-0.4, -0.2) is 38.7 Å². The average molecular weight is 610 g/mol. The van der Waals surface area contributed by atoms with Crippen LogP contribution in [-0.2, 0) is 32.1 Å². The number of unbranched alkanes of at least 4 members (excludes halogenated alkanes) is 16. The lowest BCUT2D eigenvalue weighted by molar-refractivity contribution is -0.162. The molecule has 0 radical (unpaired) electrons. The van der Waals surface area contributed by atoms with Gasteiger partial charge in [0.15, 0.2) is 0 Å². The highest BCUT2D eigenvalue weighted by Gasteiger charge is 2.35. The SMILES string of the molecule is CCCCCCCCCCCC(=O)N(C(=O)CCCCCCCCCCC)[C@@H](Cc1cnc[nH]1)C(=O)OCc1ccccc1. The molecule has 0 bridgehead atoms. The monoisotopic (exact) mass is 609 g/mol. The molecule has 0 aliphatic rings. The summed E-state index contributed by atoms with van der Waals surface area (Å²) in [5.41, 5.74) is 1.54. The van der Waals surface area contributed by atoms with E-state index in [-0.39, 0.29) is 37.7 Å². The Morgan fingerprint density at radius 2 is 1.18 bits per heavy atom. The first-order valence-corrected chi connectivity index (χ1v) is 17.6. The van der Waals surface area contributed by atoms with Gasteiger partial charge in [0.05, 0.1) is 6.33 Å². The van der Waals surface area contributed by atoms with Crippen LogP contribution in [0.25, 0.3) is 0 Å². The van der Waals surface area contributed by atoms with Crippen molar-refractivity contribution in [2.24, 2.45) is 0 Å². The summed E-state index contributed by atoms with van der Waals surface area (Å²) in [5, 5.41) is 0. The number of imidazole rings is 1. The number of benzene rings is 1. The van der Waals surface area contributed by atoms with Gasteiger partial charge in [-0.2, -0.15) is 0 Å². The molecule has 7 nitrogen and oxygen atoms in total. The van der Waals surface area contributed by atoms with Gasteiger partial charge in [-0.15, -0.1) is 0 Å². The number of aromatic amines is 1. The van der Waals surface area contributed by atoms with Crippen LogP contribution < -0.4 is 0 Å². The first kappa shape index (κ1) is 37.2. The van der Waals surface area contributed by atoms with Crippen LogP contribution in [0.5, 0.6) is 0 Å². The van der Waals surface area contributed by atoms with Crippen molar-refractivity contribution in [1.82, 2.24) is 14.9 Å². The molecule has 2 aromatic rings. The van der Waals surface area contributed by atoms with Crippen LogP contribution in [0.1, 0.15) is 154 Å². The number of H-pyrrole nitrogens is 1. The van der Waals surface area contributed by atoms with Crippen molar-refractivity contribution in [3.8, 4) is 0 Å². The Balaban J connectivity index is 2.01. The molecular formula is C37H59N3O4. The average Bonchev–Trinajstić information content (AvgIpc) is 3.55. The number of rotatable bonds is 26. The molecule has 0 aliphatic heterocycles. The highest BCUT2D eigenvalue weighted by atomic mass is 16.5. The Kier molecular flexibility index (Phi) is 20.6. The number of hydrogen-bond donors (Lipinski definition) is 1. The Morgan fingerprint density at radius 3 is 1.64 bits per heavy atom. The lowest BCUT2D eigenvalue weighted by atomic mass is 10.0. The number of carbonyl (C=O) groups excluding carboxylic acids is 3. The van der Waals surface area contributed by atoms with E-state index in [1.54, 1.807) is 12.5 Å². The zero-order valence-electron chi connectivity index (χ0n) is 27.7. The predicted molar refractivity (Wildman–Crippen MR) is 178 cm³/mol. The summed E-state index contributed by atoms with van der Waals surface area (Å²) < 4.78 is 5.70. The molecule has 1 atom stereocenters. The fourth-order valence-electron chi connectivity index (χ4n) is 5.61. The van der Waals surface area contributed by atoms with Crippen LogP contribution in [0.2, 0.25) is 0 Å². The second-order valence-corrected chi connectivity index (χ2v) is 12.2. The van der Waals surface area contributed by atoms with Crippen LogP contribution in [0.3, 0.4) is 0 Å². The number of esters is 1. The lowest BCUT2D eigenvalue weighted by Gasteiger charge is -2.29. The van der Waals surface area contributed by atoms with Gasteiger partial charge in [-0.25, -0.2) is 9.78 Å². The second kappa shape index (κ2) is 24.4. The smallest absolute Gasteiger partial charge is 0.330 e. The summed E-state index contributed by atoms with van der Waals surface area (Å²) >= 11 is 0. The summed E-state index contributed by atoms with van der Waals surface area (Å²) in [5.74, 6) is -1.13. The largest absolute Gasteiger partial charge is 0.459 e. The summed E-state index contributed by atoms with van der Waals surface area (Å²) in [4.78, 5) is 49.2. The molecule has 0 spiro atoms. The molecule has 1 N–H and O–H groups in total. The van der Waals surface area contributed by atoms with Crippen molar-refractivity contribution in [3.63, 3.8) is 0 Å². The van der Waals surface area contributed by atoms with Gasteiger partial charge in [-0.3, -0.25) is 14.5 Å². The van der Waals surface area contributed by atoms with Crippen LogP contribution >= 0.6 is 0 Å². The number of ether oxygens (including phenoxy) is 1. The van der Waals surface area contributed by atoms with E-state index in [1.165, 1.54) is 81.9 Å². The molecule has 0 saturated carbocycles. The molecular weight excluding hydrogens is 550 g/mol. The fourth-order valence-corrected chi connectivity index (χ4v) is 5.61. The highest BCUT2D eigenvalue weighted by Crippen LogP contribution is 2.19. The quantitative estimate of drug-likeness (QED) is 0.0848. The van der Waals surface area contributed by atoms with Crippen LogP contribution in [0.4, 0.5) is 0 Å². The zero-order valence-corrected chi connectivity index (χ0v) is 27.7. The van der Waals surface area contributed by atoms with Gasteiger partial charge in [0.2, 0.25) is 11.8 Å². The Hall–Kier alpha value is -2.96. The molecule has 0 unspecified atom stereocenters. The van der Waals surface area contributed by atoms with E-state index >= 15 is 0 Å². The van der Waals surface area contributed by atoms with Crippen LogP contribution in [0.15, 0.2) is 42.9 Å². The van der Waals surface area contributed by atoms with E-state index in [9.17, 15) is 14.4 Å². The molecule has 1 heterocycles. The summed E-state index contributed by atoms with van der Waals surface area (Å²) in [6, 6.07) is 8.43. The molecule has 246 valence electrons. The second-order valence-electron chi connectivity index (χ2n) is 12.2. The minimum atomic E-state index is -1.03. The van der Waals surface area contributed by atoms with Crippen LogP contribution in [0, 0.1) is 0 Å². The predicted octanol–water partition coefficient (Wildman–Crippen LogP) is 9.26. The molecule has 0 saturated heterocycles. The third-order valence-corrected chi connectivity index (χ3v) is 8.30. The van der Waals surface area contributed by atoms with Gasteiger partial charge in [-0.05, 0) is 18.4 Å². The number of hydrogen-bond acceptors (Lipinski definition) is 5. The molecule has 1 aromatic heterocycles. The molecule has 2 amide bonds. The van der Waals surface area contributed by atoms with Gasteiger partial charge in [0, 0.05) is 31.2 Å². The van der Waals surface area contributed by atoms with Crippen molar-refractivity contribution in [3.05, 3.63) is 54.1 Å². The zero-order chi connectivity index (χ0) is 31.7. The van der Waals surface area contributed by atoms with Crippen molar-refractivity contribution in [2.45, 2.75) is 161 Å². The third-order valence-electron chi connectivity index (χ3n) is 8.30. The van der Waals surface area contributed by atoms with Gasteiger partial charge in [0.25, 0.3) is 0 Å². The van der Waals surface area contributed by atoms with E-state index in [2.05, 4.69) is 23.8 Å². The van der Waals surface area contributed by atoms with E-state index in [4.69, 9.17) is 4.74 Å². The highest BCUT2D eigenvalue weighted by molar-refractivity contribution is 5.99. The summed E-state index contributed by atoms with van der Waals surface area (Å²) in [7, 11) is 0. The lowest BCUT2D eigenvalue weighted by Crippen LogP contribution is -2.50. The number of nitrogens with zero attached hydrogens (tertiary/aromatic N) is 2. The van der Waals surface area contributed by atoms with Gasteiger partial charge < -0.3 is 9.72 Å². The number of nitrogens with one attached hydrogen (secondary N) is 1. The topological polar surface area (TPSA) is 92.4 Å². The van der Waals surface area contributed by atoms with E-state index in [1.807, 2.05) is 30.3 Å². The maximum atomic E-state index is 13.7. The minimum absolute atomic E-state index is 0.0892. The standard InChI is InChI=1S/C37H59N3O4/c1-3-5-7-9-11-13-15-17-22-26-35(41)40(36(42)27-23-18-16-14-12-10-8-6-4-2)34(28-33-29-38-31-39-33)37(43)44-30-32-24-20-19-21-25-32/h19-21,24-25,29,31,34H,3-18,22-23,26-28,30H2,1-2H3,(H,38,39)/t34-/m0/s1. The number of carbonyl (C=O) groups is 3. The van der Waals surface area contributed by atoms with Gasteiger partial charge >= 0.3 is 5.97 Å². The maximum absolute atomic E-state index is 13.7. The molecule has 1 aromatic carbocycles. The molecule has 0 fully saturated rings. The molecule has 0 aliphatic carbocycles. The van der Waals surface area contributed by atoms with E-state index < -0.39 is 12.0 Å². The van der Waals surface area contributed by atoms with Crippen molar-refractivity contribution < 1.29 is 19.1 Å². The molecule has 7 heteroatoms. The Labute approximate surface area is 266 Å². The number of imide groups is 1. The minimum Gasteiger partial charge on any atom is -0.459 e. The van der Waals surface area contributed by atoms with Crippen molar-refractivity contribution >= 4 is 17.8 Å². The maximum Gasteiger partial charge on any atom is 0.330 e. The number of amides is 2. The van der Waals surface area contributed by atoms with Gasteiger partial charge in [0.1, 0.15) is 12.6 Å². The number of aromatic nitrogens is 2. The van der Waals surface area contributed by atoms with Crippen molar-refractivity contribution in [2.75, 3.05) is 0 Å². The summed E-state index contributed by atoms with van der Waals surface area (Å²) in [6.45, 7) is 4.54. The Bertz CT molecular complexity index is 975. The van der Waals surface area contributed by atoms with Crippen molar-refractivity contribution in [1.29, 1.82) is 0 Å². The first-order valence-electron chi connectivity index (χ1n) is 17.6. The summed E-state index contributed by atoms with van der Waals surface area (Å²) in [6.07, 6.45) is 24.4. The van der Waals surface area contributed by atoms with E-state index in [0.717, 1.165) is 31.2 Å². The fraction of sp³-hybridized carbons (Fsp3) is 0.676. The molecule has 2 rings (SSSR count). The first-order chi connectivity index (χ1) is 21.6.